The predicted octanol–water partition coefficient (Wildman–Crippen LogP) is 3.01. The molecule has 0 spiro atoms. The number of hydrogen-bond donors (Lipinski definition) is 1. The number of piperidine rings is 1. The van der Waals surface area contributed by atoms with Gasteiger partial charge in [0, 0.05) is 13.1 Å². The Kier molecular flexibility index (Phi) is 4.70. The Morgan fingerprint density at radius 3 is 2.75 bits per heavy atom. The molecule has 1 saturated heterocycles. The largest absolute Gasteiger partial charge is 0.383 e. The van der Waals surface area contributed by atoms with Gasteiger partial charge in [-0.2, -0.15) is 11.3 Å². The fourth-order valence-corrected chi connectivity index (χ4v) is 4.71. The van der Waals surface area contributed by atoms with Crippen LogP contribution in [0.15, 0.2) is 23.0 Å². The number of thiophene rings is 1. The molecule has 0 amide bonds. The monoisotopic (exact) mass is 346 g/mol. The van der Waals surface area contributed by atoms with Crippen LogP contribution in [0.2, 0.25) is 0 Å². The van der Waals surface area contributed by atoms with E-state index in [0.29, 0.717) is 5.92 Å². The number of nitrogens with zero attached hydrogens (tertiary/aromatic N) is 4. The molecule has 5 nitrogen and oxygen atoms in total. The first-order chi connectivity index (χ1) is 11.7. The van der Waals surface area contributed by atoms with E-state index in [2.05, 4.69) is 32.0 Å². The Bertz CT molecular complexity index is 640. The van der Waals surface area contributed by atoms with Gasteiger partial charge in [0.2, 0.25) is 0 Å². The third-order valence-electron chi connectivity index (χ3n) is 5.58. The van der Waals surface area contributed by atoms with Crippen molar-refractivity contribution in [1.82, 2.24) is 19.9 Å². The Morgan fingerprint density at radius 2 is 2.04 bits per heavy atom. The van der Waals surface area contributed by atoms with Gasteiger partial charge in [-0.3, -0.25) is 9.58 Å². The van der Waals surface area contributed by atoms with Gasteiger partial charge in [-0.25, -0.2) is 0 Å². The van der Waals surface area contributed by atoms with Crippen LogP contribution in [0.4, 0.5) is 0 Å². The summed E-state index contributed by atoms with van der Waals surface area (Å²) in [6, 6.07) is 2.22. The average molecular weight is 347 g/mol. The van der Waals surface area contributed by atoms with Crippen molar-refractivity contribution in [3.8, 4) is 0 Å². The number of likely N-dealkylation sites (tertiary alicyclic amines) is 1. The van der Waals surface area contributed by atoms with Crippen LogP contribution < -0.4 is 0 Å². The zero-order chi connectivity index (χ0) is 16.4. The van der Waals surface area contributed by atoms with Crippen molar-refractivity contribution in [2.24, 2.45) is 5.92 Å². The van der Waals surface area contributed by atoms with E-state index in [0.717, 1.165) is 57.6 Å². The minimum Gasteiger partial charge on any atom is -0.383 e. The third kappa shape index (κ3) is 3.55. The first-order valence-electron chi connectivity index (χ1n) is 9.08. The van der Waals surface area contributed by atoms with Crippen molar-refractivity contribution in [2.75, 3.05) is 13.1 Å². The molecule has 0 bridgehead atoms. The van der Waals surface area contributed by atoms with Gasteiger partial charge >= 0.3 is 0 Å². The molecule has 0 atom stereocenters. The molecular weight excluding hydrogens is 320 g/mol. The van der Waals surface area contributed by atoms with Crippen LogP contribution in [0.1, 0.15) is 49.8 Å². The van der Waals surface area contributed by atoms with Gasteiger partial charge in [-0.05, 0) is 67.1 Å². The zero-order valence-corrected chi connectivity index (χ0v) is 14.9. The van der Waals surface area contributed by atoms with E-state index in [4.69, 9.17) is 0 Å². The number of rotatable bonds is 5. The maximum atomic E-state index is 10.6. The molecule has 1 aliphatic heterocycles. The predicted molar refractivity (Wildman–Crippen MR) is 94.7 cm³/mol. The van der Waals surface area contributed by atoms with Crippen LogP contribution in [-0.4, -0.2) is 38.1 Å². The lowest BCUT2D eigenvalue weighted by molar-refractivity contribution is 0.0398. The van der Waals surface area contributed by atoms with Crippen molar-refractivity contribution < 1.29 is 5.11 Å². The summed E-state index contributed by atoms with van der Waals surface area (Å²) in [5.74, 6) is 0.663. The van der Waals surface area contributed by atoms with E-state index in [-0.39, 0.29) is 0 Å². The Balaban J connectivity index is 1.29. The molecule has 130 valence electrons. The summed E-state index contributed by atoms with van der Waals surface area (Å²) in [6.07, 6.45) is 8.23. The van der Waals surface area contributed by atoms with Gasteiger partial charge in [0.1, 0.15) is 11.3 Å². The van der Waals surface area contributed by atoms with Gasteiger partial charge in [-0.1, -0.05) is 18.1 Å². The SMILES string of the molecule is OC1(c2cn(CC3CCN(Cc4ccsc4)CC3)nn2)CCCC1. The smallest absolute Gasteiger partial charge is 0.114 e. The molecule has 6 heteroatoms. The van der Waals surface area contributed by atoms with Crippen LogP contribution >= 0.6 is 11.3 Å². The highest BCUT2D eigenvalue weighted by Crippen LogP contribution is 2.37. The van der Waals surface area contributed by atoms with Gasteiger partial charge in [0.15, 0.2) is 0 Å². The summed E-state index contributed by atoms with van der Waals surface area (Å²) in [4.78, 5) is 2.55. The van der Waals surface area contributed by atoms with Crippen molar-refractivity contribution >= 4 is 11.3 Å². The number of aliphatic hydroxyl groups is 1. The summed E-state index contributed by atoms with van der Waals surface area (Å²) in [7, 11) is 0. The summed E-state index contributed by atoms with van der Waals surface area (Å²) < 4.78 is 1.95. The second kappa shape index (κ2) is 6.94. The van der Waals surface area contributed by atoms with Crippen molar-refractivity contribution in [3.05, 3.63) is 34.3 Å². The fourth-order valence-electron chi connectivity index (χ4n) is 4.05. The molecule has 0 aromatic carbocycles. The minimum atomic E-state index is -0.720. The number of aromatic nitrogens is 3. The summed E-state index contributed by atoms with van der Waals surface area (Å²) in [5, 5.41) is 23.5. The minimum absolute atomic E-state index is 0.663. The van der Waals surface area contributed by atoms with Crippen molar-refractivity contribution in [1.29, 1.82) is 0 Å². The lowest BCUT2D eigenvalue weighted by Gasteiger charge is -2.31. The van der Waals surface area contributed by atoms with E-state index in [1.807, 2.05) is 10.9 Å². The lowest BCUT2D eigenvalue weighted by atomic mass is 9.96. The molecule has 3 heterocycles. The molecule has 24 heavy (non-hydrogen) atoms. The van der Waals surface area contributed by atoms with E-state index >= 15 is 0 Å². The highest BCUT2D eigenvalue weighted by Gasteiger charge is 2.35. The van der Waals surface area contributed by atoms with Gasteiger partial charge in [0.05, 0.1) is 6.20 Å². The van der Waals surface area contributed by atoms with E-state index in [9.17, 15) is 5.11 Å². The summed E-state index contributed by atoms with van der Waals surface area (Å²) in [6.45, 7) is 4.32. The van der Waals surface area contributed by atoms with E-state index < -0.39 is 5.60 Å². The molecular formula is C18H26N4OS. The van der Waals surface area contributed by atoms with Crippen LogP contribution in [-0.2, 0) is 18.7 Å². The zero-order valence-electron chi connectivity index (χ0n) is 14.1. The average Bonchev–Trinajstić information content (AvgIpc) is 3.32. The van der Waals surface area contributed by atoms with Crippen LogP contribution in [0.3, 0.4) is 0 Å². The van der Waals surface area contributed by atoms with Crippen LogP contribution in [0.25, 0.3) is 0 Å². The Labute approximate surface area is 147 Å². The Morgan fingerprint density at radius 1 is 1.25 bits per heavy atom. The molecule has 4 rings (SSSR count). The highest BCUT2D eigenvalue weighted by molar-refractivity contribution is 7.07. The summed E-state index contributed by atoms with van der Waals surface area (Å²) >= 11 is 1.78. The first kappa shape index (κ1) is 16.2. The normalized spacial score (nSPS) is 22.2. The summed E-state index contributed by atoms with van der Waals surface area (Å²) in [5.41, 5.74) is 1.49. The second-order valence-corrected chi connectivity index (χ2v) is 8.20. The quantitative estimate of drug-likeness (QED) is 0.904. The van der Waals surface area contributed by atoms with E-state index in [1.165, 1.54) is 18.4 Å². The molecule has 1 aliphatic carbocycles. The van der Waals surface area contributed by atoms with E-state index in [1.54, 1.807) is 11.3 Å². The molecule has 0 radical (unpaired) electrons. The van der Waals surface area contributed by atoms with Crippen LogP contribution in [0, 0.1) is 5.92 Å². The topological polar surface area (TPSA) is 54.2 Å². The van der Waals surface area contributed by atoms with Crippen LogP contribution in [0.5, 0.6) is 0 Å². The molecule has 2 aromatic rings. The van der Waals surface area contributed by atoms with Gasteiger partial charge in [0.25, 0.3) is 0 Å². The molecule has 2 aromatic heterocycles. The fraction of sp³-hybridized carbons (Fsp3) is 0.667. The van der Waals surface area contributed by atoms with Gasteiger partial charge in [-0.15, -0.1) is 5.10 Å². The van der Waals surface area contributed by atoms with Crippen molar-refractivity contribution in [2.45, 2.75) is 57.2 Å². The molecule has 1 N–H and O–H groups in total. The standard InChI is InChI=1S/C18H26N4OS/c23-18(6-1-2-7-18)17-13-22(20-19-17)12-15-3-8-21(9-4-15)11-16-5-10-24-14-16/h5,10,13-15,23H,1-4,6-9,11-12H2. The molecule has 0 unspecified atom stereocenters. The Hall–Kier alpha value is -1.24. The molecule has 1 saturated carbocycles. The second-order valence-electron chi connectivity index (χ2n) is 7.42. The number of hydrogen-bond acceptors (Lipinski definition) is 5. The third-order valence-corrected chi connectivity index (χ3v) is 6.32. The van der Waals surface area contributed by atoms with Crippen molar-refractivity contribution in [3.63, 3.8) is 0 Å². The highest BCUT2D eigenvalue weighted by atomic mass is 32.1. The molecule has 2 aliphatic rings. The molecule has 2 fully saturated rings. The first-order valence-corrected chi connectivity index (χ1v) is 10.0. The maximum Gasteiger partial charge on any atom is 0.114 e. The van der Waals surface area contributed by atoms with Gasteiger partial charge < -0.3 is 5.11 Å². The maximum absolute atomic E-state index is 10.6. The lowest BCUT2D eigenvalue weighted by Crippen LogP contribution is -2.34.